The van der Waals surface area contributed by atoms with Crippen LogP contribution in [-0.4, -0.2) is 65.3 Å². The number of halogens is 1. The zero-order valence-electron chi connectivity index (χ0n) is 14.6. The fraction of sp³-hybridized carbons (Fsp3) is 0.625. The Balaban J connectivity index is 0.00000243. The van der Waals surface area contributed by atoms with Gasteiger partial charge in [-0.25, -0.2) is 0 Å². The second-order valence-electron chi connectivity index (χ2n) is 6.46. The van der Waals surface area contributed by atoms with E-state index in [0.29, 0.717) is 26.1 Å². The third-order valence-electron chi connectivity index (χ3n) is 4.92. The normalized spacial score (nSPS) is 22.8. The molecule has 3 heterocycles. The highest BCUT2D eigenvalue weighted by Gasteiger charge is 2.39. The molecule has 9 nitrogen and oxygen atoms in total. The van der Waals surface area contributed by atoms with E-state index in [2.05, 4.69) is 5.32 Å². The van der Waals surface area contributed by atoms with E-state index in [9.17, 15) is 19.7 Å². The highest BCUT2D eigenvalue weighted by molar-refractivity contribution is 5.96. The van der Waals surface area contributed by atoms with Gasteiger partial charge in [0.25, 0.3) is 5.91 Å². The van der Waals surface area contributed by atoms with E-state index < -0.39 is 22.8 Å². The minimum atomic E-state index is -0.685. The maximum atomic E-state index is 12.9. The van der Waals surface area contributed by atoms with Crippen LogP contribution in [0.25, 0.3) is 0 Å². The molecule has 2 fully saturated rings. The first-order valence-corrected chi connectivity index (χ1v) is 8.52. The number of nitrogens with zero attached hydrogens (tertiary/aromatic N) is 3. The summed E-state index contributed by atoms with van der Waals surface area (Å²) >= 11 is 0. The second-order valence-corrected chi connectivity index (χ2v) is 6.46. The molecule has 3 rings (SSSR count). The predicted molar refractivity (Wildman–Crippen MR) is 95.3 cm³/mol. The van der Waals surface area contributed by atoms with Gasteiger partial charge in [-0.15, -0.1) is 12.4 Å². The molecule has 2 aliphatic rings. The van der Waals surface area contributed by atoms with Crippen molar-refractivity contribution in [3.8, 4) is 0 Å². The van der Waals surface area contributed by atoms with Crippen LogP contribution in [0.1, 0.15) is 36.2 Å². The lowest BCUT2D eigenvalue weighted by molar-refractivity contribution is -0.402. The van der Waals surface area contributed by atoms with Gasteiger partial charge < -0.3 is 19.5 Å². The smallest absolute Gasteiger partial charge is 0.395 e. The van der Waals surface area contributed by atoms with Crippen LogP contribution >= 0.6 is 12.4 Å². The first-order valence-electron chi connectivity index (χ1n) is 8.52. The molecule has 2 amide bonds. The number of rotatable bonds is 4. The molecule has 0 radical (unpaired) electrons. The molecule has 0 bridgehead atoms. The Morgan fingerprint density at radius 3 is 2.65 bits per heavy atom. The number of furan rings is 1. The van der Waals surface area contributed by atoms with Crippen molar-refractivity contribution >= 4 is 30.1 Å². The Morgan fingerprint density at radius 2 is 2.00 bits per heavy atom. The zero-order chi connectivity index (χ0) is 18.0. The lowest BCUT2D eigenvalue weighted by Crippen LogP contribution is -2.53. The van der Waals surface area contributed by atoms with Crippen molar-refractivity contribution in [2.75, 3.05) is 26.7 Å². The average Bonchev–Trinajstić information content (AvgIpc) is 3.30. The van der Waals surface area contributed by atoms with Crippen LogP contribution in [0, 0.1) is 10.1 Å². The summed E-state index contributed by atoms with van der Waals surface area (Å²) < 4.78 is 5.00. The Hall–Kier alpha value is -2.13. The molecule has 0 aliphatic carbocycles. The van der Waals surface area contributed by atoms with Crippen molar-refractivity contribution in [3.63, 3.8) is 0 Å². The summed E-state index contributed by atoms with van der Waals surface area (Å²) in [4.78, 5) is 38.8. The van der Waals surface area contributed by atoms with Gasteiger partial charge in [-0.1, -0.05) is 0 Å². The topological polar surface area (TPSA) is 109 Å². The molecule has 144 valence electrons. The minimum absolute atomic E-state index is 0. The van der Waals surface area contributed by atoms with Gasteiger partial charge in [-0.05, 0) is 38.8 Å². The Bertz CT molecular complexity index is 679. The minimum Gasteiger partial charge on any atom is -0.395 e. The van der Waals surface area contributed by atoms with E-state index >= 15 is 0 Å². The van der Waals surface area contributed by atoms with Crippen LogP contribution in [0.2, 0.25) is 0 Å². The van der Waals surface area contributed by atoms with Crippen LogP contribution in [0.4, 0.5) is 5.88 Å². The molecule has 2 atom stereocenters. The number of likely N-dealkylation sites (tertiary alicyclic amines) is 2. The molecule has 0 spiro atoms. The lowest BCUT2D eigenvalue weighted by atomic mass is 10.0. The fourth-order valence-corrected chi connectivity index (χ4v) is 3.57. The average molecular weight is 387 g/mol. The van der Waals surface area contributed by atoms with Crippen molar-refractivity contribution in [3.05, 3.63) is 28.0 Å². The fourth-order valence-electron chi connectivity index (χ4n) is 3.57. The maximum absolute atomic E-state index is 12.9. The van der Waals surface area contributed by atoms with Crippen LogP contribution in [0.5, 0.6) is 0 Å². The maximum Gasteiger partial charge on any atom is 0.433 e. The lowest BCUT2D eigenvalue weighted by Gasteiger charge is -2.35. The molecule has 1 N–H and O–H groups in total. The number of piperidine rings is 1. The number of carbonyl (C=O) groups excluding carboxylic acids is 2. The van der Waals surface area contributed by atoms with Crippen molar-refractivity contribution in [2.24, 2.45) is 0 Å². The highest BCUT2D eigenvalue weighted by Crippen LogP contribution is 2.25. The Morgan fingerprint density at radius 1 is 1.27 bits per heavy atom. The quantitative estimate of drug-likeness (QED) is 0.619. The Labute approximate surface area is 157 Å². The molecule has 1 aromatic heterocycles. The molecule has 2 saturated heterocycles. The Kier molecular flexibility index (Phi) is 6.60. The summed E-state index contributed by atoms with van der Waals surface area (Å²) in [7, 11) is 1.88. The van der Waals surface area contributed by atoms with Gasteiger partial charge in [0.15, 0.2) is 5.76 Å². The molecule has 0 aromatic carbocycles. The van der Waals surface area contributed by atoms with Crippen molar-refractivity contribution < 1.29 is 18.9 Å². The number of hydrogen-bond donors (Lipinski definition) is 1. The molecule has 2 aliphatic heterocycles. The molecule has 26 heavy (non-hydrogen) atoms. The number of nitrogens with one attached hydrogen (secondary N) is 1. The molecule has 0 saturated carbocycles. The van der Waals surface area contributed by atoms with Gasteiger partial charge in [0, 0.05) is 25.7 Å². The SMILES string of the molecule is CNC1CCCN(C(=O)C2CCCN2C(=O)c2ccc([N+](=O)[O-])o2)C1.Cl. The molecule has 1 aromatic rings. The van der Waals surface area contributed by atoms with Crippen LogP contribution in [-0.2, 0) is 4.79 Å². The first kappa shape index (κ1) is 20.2. The summed E-state index contributed by atoms with van der Waals surface area (Å²) in [5.74, 6) is -1.09. The van der Waals surface area contributed by atoms with E-state index in [1.165, 1.54) is 11.0 Å². The van der Waals surface area contributed by atoms with E-state index in [1.807, 2.05) is 11.9 Å². The summed E-state index contributed by atoms with van der Waals surface area (Å²) in [6.07, 6.45) is 3.30. The van der Waals surface area contributed by atoms with E-state index in [4.69, 9.17) is 4.42 Å². The van der Waals surface area contributed by atoms with Gasteiger partial charge in [0.2, 0.25) is 5.91 Å². The summed E-state index contributed by atoms with van der Waals surface area (Å²) in [5, 5.41) is 13.9. The first-order chi connectivity index (χ1) is 12.0. The standard InChI is InChI=1S/C16H22N4O5.ClH/c1-17-11-4-2-8-18(10-11)15(21)12-5-3-9-19(12)16(22)13-6-7-14(25-13)20(23)24;/h6-7,11-12,17H,2-5,8-10H2,1H3;1H. The van der Waals surface area contributed by atoms with E-state index in [-0.39, 0.29) is 30.1 Å². The summed E-state index contributed by atoms with van der Waals surface area (Å²) in [5.41, 5.74) is 0. The number of carbonyl (C=O) groups is 2. The van der Waals surface area contributed by atoms with Crippen molar-refractivity contribution in [1.82, 2.24) is 15.1 Å². The molecular weight excluding hydrogens is 364 g/mol. The van der Waals surface area contributed by atoms with Crippen LogP contribution in [0.3, 0.4) is 0 Å². The van der Waals surface area contributed by atoms with Crippen molar-refractivity contribution in [1.29, 1.82) is 0 Å². The van der Waals surface area contributed by atoms with Gasteiger partial charge in [-0.3, -0.25) is 19.7 Å². The van der Waals surface area contributed by atoms with Gasteiger partial charge in [-0.2, -0.15) is 0 Å². The van der Waals surface area contributed by atoms with Gasteiger partial charge in [0.05, 0.1) is 6.07 Å². The summed E-state index contributed by atoms with van der Waals surface area (Å²) in [6, 6.07) is 2.20. The van der Waals surface area contributed by atoms with Crippen LogP contribution < -0.4 is 5.32 Å². The monoisotopic (exact) mass is 386 g/mol. The van der Waals surface area contributed by atoms with E-state index in [0.717, 1.165) is 25.3 Å². The number of hydrogen-bond acceptors (Lipinski definition) is 6. The van der Waals surface area contributed by atoms with Crippen molar-refractivity contribution in [2.45, 2.75) is 37.8 Å². The molecule has 10 heteroatoms. The van der Waals surface area contributed by atoms with Gasteiger partial charge in [0.1, 0.15) is 11.0 Å². The third kappa shape index (κ3) is 3.99. The van der Waals surface area contributed by atoms with Gasteiger partial charge >= 0.3 is 5.88 Å². The largest absolute Gasteiger partial charge is 0.433 e. The number of likely N-dealkylation sites (N-methyl/N-ethyl adjacent to an activating group) is 1. The highest BCUT2D eigenvalue weighted by atomic mass is 35.5. The van der Waals surface area contributed by atoms with E-state index in [1.54, 1.807) is 0 Å². The third-order valence-corrected chi connectivity index (χ3v) is 4.92. The number of amides is 2. The summed E-state index contributed by atoms with van der Waals surface area (Å²) in [6.45, 7) is 1.79. The van der Waals surface area contributed by atoms with Crippen LogP contribution in [0.15, 0.2) is 16.5 Å². The second kappa shape index (κ2) is 8.50. The number of nitro groups is 1. The molecule has 2 unspecified atom stereocenters. The molecular formula is C16H23ClN4O5. The predicted octanol–water partition coefficient (Wildman–Crippen LogP) is 1.42. The zero-order valence-corrected chi connectivity index (χ0v) is 15.4.